The molecule has 1 aromatic heterocycles. The third-order valence-corrected chi connectivity index (χ3v) is 5.88. The lowest BCUT2D eigenvalue weighted by Crippen LogP contribution is -2.48. The first kappa shape index (κ1) is 19.6. The Bertz CT molecular complexity index is 880. The Balaban J connectivity index is 1.50. The van der Waals surface area contributed by atoms with E-state index < -0.39 is 5.41 Å². The molecule has 154 valence electrons. The minimum Gasteiger partial charge on any atom is -0.466 e. The van der Waals surface area contributed by atoms with Gasteiger partial charge in [0.2, 0.25) is 5.91 Å². The summed E-state index contributed by atoms with van der Waals surface area (Å²) < 4.78 is 24.0. The first-order chi connectivity index (χ1) is 14.0. The van der Waals surface area contributed by atoms with Crippen LogP contribution in [0.1, 0.15) is 38.4 Å². The molecule has 0 spiro atoms. The number of esters is 1. The lowest BCUT2D eigenvalue weighted by Gasteiger charge is -2.39. The Morgan fingerprint density at radius 3 is 2.55 bits per heavy atom. The van der Waals surface area contributed by atoms with E-state index in [9.17, 15) is 14.0 Å². The third kappa shape index (κ3) is 4.18. The molecule has 0 N–H and O–H groups in total. The molecule has 4 rings (SSSR count). The van der Waals surface area contributed by atoms with Crippen LogP contribution in [0.5, 0.6) is 0 Å². The maximum atomic E-state index is 13.1. The van der Waals surface area contributed by atoms with Crippen molar-refractivity contribution in [3.05, 3.63) is 41.9 Å². The number of aromatic nitrogens is 1. The monoisotopic (exact) mass is 400 g/mol. The highest BCUT2D eigenvalue weighted by Gasteiger charge is 2.46. The number of hydrogen-bond donors (Lipinski definition) is 0. The van der Waals surface area contributed by atoms with E-state index in [1.807, 2.05) is 4.90 Å². The van der Waals surface area contributed by atoms with Crippen molar-refractivity contribution in [1.82, 2.24) is 10.1 Å². The van der Waals surface area contributed by atoms with E-state index in [2.05, 4.69) is 5.16 Å². The topological polar surface area (TPSA) is 72.6 Å². The fourth-order valence-corrected chi connectivity index (χ4v) is 3.97. The fraction of sp³-hybridized carbons (Fsp3) is 0.500. The molecule has 2 fully saturated rings. The SMILES string of the molecule is CCOC(=O)C1(Cc2cc(-c3ccc(F)cc3)no2)CCN(C(=O)C2CC2)CC1. The van der Waals surface area contributed by atoms with E-state index in [-0.39, 0.29) is 23.6 Å². The van der Waals surface area contributed by atoms with Crippen molar-refractivity contribution in [2.24, 2.45) is 11.3 Å². The number of halogens is 1. The van der Waals surface area contributed by atoms with Crippen LogP contribution in [0, 0.1) is 17.2 Å². The van der Waals surface area contributed by atoms with Crippen LogP contribution >= 0.6 is 0 Å². The lowest BCUT2D eigenvalue weighted by molar-refractivity contribution is -0.160. The standard InChI is InChI=1S/C22H25FN2O4/c1-2-28-21(27)22(9-11-25(12-10-22)20(26)16-3-4-16)14-18-13-19(24-29-18)15-5-7-17(23)8-6-15/h5-8,13,16H,2-4,9-12,14H2,1H3. The molecule has 0 bridgehead atoms. The first-order valence-corrected chi connectivity index (χ1v) is 10.2. The van der Waals surface area contributed by atoms with E-state index in [0.29, 0.717) is 50.4 Å². The second-order valence-electron chi connectivity index (χ2n) is 7.96. The van der Waals surface area contributed by atoms with Crippen LogP contribution in [-0.4, -0.2) is 41.6 Å². The highest BCUT2D eigenvalue weighted by Crippen LogP contribution is 2.39. The number of likely N-dealkylation sites (tertiary alicyclic amines) is 1. The molecule has 7 heteroatoms. The summed E-state index contributed by atoms with van der Waals surface area (Å²) in [6, 6.07) is 7.81. The number of hydrogen-bond acceptors (Lipinski definition) is 5. The zero-order chi connectivity index (χ0) is 20.4. The van der Waals surface area contributed by atoms with Gasteiger partial charge in [0.25, 0.3) is 0 Å². The minimum absolute atomic E-state index is 0.178. The number of nitrogens with zero attached hydrogens (tertiary/aromatic N) is 2. The van der Waals surface area contributed by atoms with Crippen LogP contribution in [0.15, 0.2) is 34.9 Å². The van der Waals surface area contributed by atoms with E-state index in [0.717, 1.165) is 18.4 Å². The van der Waals surface area contributed by atoms with Crippen LogP contribution in [-0.2, 0) is 20.7 Å². The molecule has 1 saturated carbocycles. The predicted molar refractivity (Wildman–Crippen MR) is 103 cm³/mol. The molecule has 1 aromatic carbocycles. The van der Waals surface area contributed by atoms with Crippen LogP contribution in [0.25, 0.3) is 11.3 Å². The van der Waals surface area contributed by atoms with Gasteiger partial charge in [-0.05, 0) is 56.9 Å². The van der Waals surface area contributed by atoms with Gasteiger partial charge in [-0.25, -0.2) is 4.39 Å². The van der Waals surface area contributed by atoms with Gasteiger partial charge in [-0.1, -0.05) is 5.16 Å². The molecule has 0 radical (unpaired) electrons. The molecule has 1 aliphatic heterocycles. The number of carbonyl (C=O) groups excluding carboxylic acids is 2. The van der Waals surface area contributed by atoms with Crippen LogP contribution < -0.4 is 0 Å². The van der Waals surface area contributed by atoms with Crippen molar-refractivity contribution < 1.29 is 23.2 Å². The number of benzene rings is 1. The Labute approximate surface area is 169 Å². The van der Waals surface area contributed by atoms with E-state index in [4.69, 9.17) is 9.26 Å². The van der Waals surface area contributed by atoms with Crippen LogP contribution in [0.2, 0.25) is 0 Å². The van der Waals surface area contributed by atoms with Crippen LogP contribution in [0.4, 0.5) is 4.39 Å². The molecule has 1 saturated heterocycles. The van der Waals surface area contributed by atoms with Gasteiger partial charge in [0, 0.05) is 37.1 Å². The molecule has 29 heavy (non-hydrogen) atoms. The van der Waals surface area contributed by atoms with Gasteiger partial charge in [-0.3, -0.25) is 9.59 Å². The molecular weight excluding hydrogens is 375 g/mol. The molecule has 6 nitrogen and oxygen atoms in total. The molecule has 1 amide bonds. The average molecular weight is 400 g/mol. The van der Waals surface area contributed by atoms with Crippen LogP contribution in [0.3, 0.4) is 0 Å². The molecule has 2 heterocycles. The predicted octanol–water partition coefficient (Wildman–Crippen LogP) is 3.61. The number of carbonyl (C=O) groups is 2. The summed E-state index contributed by atoms with van der Waals surface area (Å²) in [5.74, 6) is 0.405. The third-order valence-electron chi connectivity index (χ3n) is 5.88. The molecule has 0 unspecified atom stereocenters. The van der Waals surface area contributed by atoms with E-state index in [1.165, 1.54) is 12.1 Å². The molecule has 2 aliphatic rings. The molecule has 2 aromatic rings. The maximum absolute atomic E-state index is 13.1. The quantitative estimate of drug-likeness (QED) is 0.693. The summed E-state index contributed by atoms with van der Waals surface area (Å²) in [6.07, 6.45) is 3.39. The Morgan fingerprint density at radius 2 is 1.93 bits per heavy atom. The Hall–Kier alpha value is -2.70. The van der Waals surface area contributed by atoms with Gasteiger partial charge in [-0.2, -0.15) is 0 Å². The normalized spacial score (nSPS) is 18.5. The van der Waals surface area contributed by atoms with Gasteiger partial charge < -0.3 is 14.2 Å². The summed E-state index contributed by atoms with van der Waals surface area (Å²) in [5, 5.41) is 4.08. The second-order valence-corrected chi connectivity index (χ2v) is 7.96. The summed E-state index contributed by atoms with van der Waals surface area (Å²) >= 11 is 0. The molecule has 1 aliphatic carbocycles. The zero-order valence-electron chi connectivity index (χ0n) is 16.5. The van der Waals surface area contributed by atoms with Crippen molar-refractivity contribution in [2.45, 2.75) is 39.0 Å². The van der Waals surface area contributed by atoms with Crippen molar-refractivity contribution in [1.29, 1.82) is 0 Å². The van der Waals surface area contributed by atoms with Gasteiger partial charge in [-0.15, -0.1) is 0 Å². The van der Waals surface area contributed by atoms with Crippen molar-refractivity contribution in [2.75, 3.05) is 19.7 Å². The number of amides is 1. The number of rotatable bonds is 6. The van der Waals surface area contributed by atoms with Gasteiger partial charge in [0.05, 0.1) is 12.0 Å². The first-order valence-electron chi connectivity index (χ1n) is 10.2. The van der Waals surface area contributed by atoms with Crippen molar-refractivity contribution >= 4 is 11.9 Å². The van der Waals surface area contributed by atoms with Gasteiger partial charge >= 0.3 is 5.97 Å². The Kier molecular flexibility index (Phi) is 5.39. The summed E-state index contributed by atoms with van der Waals surface area (Å²) in [7, 11) is 0. The van der Waals surface area contributed by atoms with Crippen molar-refractivity contribution in [3.8, 4) is 11.3 Å². The average Bonchev–Trinajstić information content (AvgIpc) is 3.48. The van der Waals surface area contributed by atoms with Gasteiger partial charge in [0.15, 0.2) is 0 Å². The summed E-state index contributed by atoms with van der Waals surface area (Å²) in [5.41, 5.74) is 0.618. The second kappa shape index (κ2) is 7.97. The highest BCUT2D eigenvalue weighted by molar-refractivity contribution is 5.82. The molecular formula is C22H25FN2O4. The van der Waals surface area contributed by atoms with E-state index >= 15 is 0 Å². The van der Waals surface area contributed by atoms with E-state index in [1.54, 1.807) is 25.1 Å². The number of piperidine rings is 1. The Morgan fingerprint density at radius 1 is 1.24 bits per heavy atom. The fourth-order valence-electron chi connectivity index (χ4n) is 3.97. The zero-order valence-corrected chi connectivity index (χ0v) is 16.5. The highest BCUT2D eigenvalue weighted by atomic mass is 19.1. The number of ether oxygens (including phenoxy) is 1. The summed E-state index contributed by atoms with van der Waals surface area (Å²) in [6.45, 7) is 3.20. The lowest BCUT2D eigenvalue weighted by atomic mass is 9.74. The summed E-state index contributed by atoms with van der Waals surface area (Å²) in [4.78, 5) is 27.1. The maximum Gasteiger partial charge on any atom is 0.312 e. The smallest absolute Gasteiger partial charge is 0.312 e. The molecule has 0 atom stereocenters. The minimum atomic E-state index is -0.726. The van der Waals surface area contributed by atoms with Crippen molar-refractivity contribution in [3.63, 3.8) is 0 Å². The largest absolute Gasteiger partial charge is 0.466 e. The van der Waals surface area contributed by atoms with Gasteiger partial charge in [0.1, 0.15) is 17.3 Å².